The fraction of sp³-hybridized carbons (Fsp3) is 0.364. The number of hydrogen-bond acceptors (Lipinski definition) is 3. The number of ether oxygens (including phenoxy) is 1. The fourth-order valence-corrected chi connectivity index (χ4v) is 4.28. The number of fused-ring (bicyclic) bond motifs is 1. The molecule has 0 spiro atoms. The first-order valence-electron chi connectivity index (χ1n) is 9.86. The molecule has 2 atom stereocenters. The molecule has 1 saturated heterocycles. The topological polar surface area (TPSA) is 75.9 Å². The SMILES string of the molecule is NC(=O)OCC1(F)CCN(C(=O)N2CCc3ccccc3[C@@H]2c2ccc(F)cc2)C1. The molecule has 0 radical (unpaired) electrons. The maximum atomic E-state index is 15.0. The Morgan fingerprint density at radius 3 is 2.60 bits per heavy atom. The van der Waals surface area contributed by atoms with Crippen molar-refractivity contribution in [2.75, 3.05) is 26.2 Å². The maximum Gasteiger partial charge on any atom is 0.404 e. The minimum atomic E-state index is -1.82. The Kier molecular flexibility index (Phi) is 5.32. The van der Waals surface area contributed by atoms with E-state index in [0.29, 0.717) is 13.0 Å². The number of rotatable bonds is 3. The second kappa shape index (κ2) is 7.93. The van der Waals surface area contributed by atoms with Crippen molar-refractivity contribution >= 4 is 12.1 Å². The smallest absolute Gasteiger partial charge is 0.404 e. The lowest BCUT2D eigenvalue weighted by molar-refractivity contribution is 0.0578. The van der Waals surface area contributed by atoms with Crippen LogP contribution < -0.4 is 5.73 Å². The van der Waals surface area contributed by atoms with Crippen molar-refractivity contribution in [2.24, 2.45) is 5.73 Å². The van der Waals surface area contributed by atoms with Gasteiger partial charge in [0.2, 0.25) is 0 Å². The van der Waals surface area contributed by atoms with Crippen molar-refractivity contribution in [3.8, 4) is 0 Å². The van der Waals surface area contributed by atoms with Gasteiger partial charge in [0.05, 0.1) is 12.6 Å². The molecular formula is C22H23F2N3O3. The Labute approximate surface area is 173 Å². The highest BCUT2D eigenvalue weighted by atomic mass is 19.1. The van der Waals surface area contributed by atoms with Crippen LogP contribution in [0.4, 0.5) is 18.4 Å². The van der Waals surface area contributed by atoms with Crippen molar-refractivity contribution < 1.29 is 23.1 Å². The number of benzene rings is 2. The number of hydrogen-bond donors (Lipinski definition) is 1. The monoisotopic (exact) mass is 415 g/mol. The van der Waals surface area contributed by atoms with Crippen LogP contribution in [-0.4, -0.2) is 53.8 Å². The van der Waals surface area contributed by atoms with Crippen molar-refractivity contribution in [1.82, 2.24) is 9.80 Å². The molecule has 0 saturated carbocycles. The predicted molar refractivity (Wildman–Crippen MR) is 106 cm³/mol. The van der Waals surface area contributed by atoms with Crippen LogP contribution in [0.3, 0.4) is 0 Å². The quantitative estimate of drug-likeness (QED) is 0.835. The molecule has 2 heterocycles. The van der Waals surface area contributed by atoms with E-state index in [4.69, 9.17) is 5.73 Å². The number of urea groups is 1. The molecule has 1 unspecified atom stereocenters. The minimum absolute atomic E-state index is 0.0671. The summed E-state index contributed by atoms with van der Waals surface area (Å²) in [6.07, 6.45) is -0.294. The molecule has 1 fully saturated rings. The normalized spacial score (nSPS) is 23.2. The number of primary amides is 1. The molecule has 0 aromatic heterocycles. The van der Waals surface area contributed by atoms with Crippen molar-refractivity contribution in [3.05, 3.63) is 71.0 Å². The summed E-state index contributed by atoms with van der Waals surface area (Å²) < 4.78 is 33.1. The second-order valence-electron chi connectivity index (χ2n) is 7.81. The summed E-state index contributed by atoms with van der Waals surface area (Å²) in [7, 11) is 0. The molecule has 4 rings (SSSR count). The second-order valence-corrected chi connectivity index (χ2v) is 7.81. The maximum absolute atomic E-state index is 15.0. The number of nitrogens with zero attached hydrogens (tertiary/aromatic N) is 2. The molecular weight excluding hydrogens is 392 g/mol. The zero-order valence-electron chi connectivity index (χ0n) is 16.4. The first-order valence-corrected chi connectivity index (χ1v) is 9.86. The van der Waals surface area contributed by atoms with E-state index >= 15 is 0 Å². The Bertz CT molecular complexity index is 953. The molecule has 3 amide bonds. The number of amides is 3. The van der Waals surface area contributed by atoms with E-state index in [-0.39, 0.29) is 37.4 Å². The predicted octanol–water partition coefficient (Wildman–Crippen LogP) is 3.40. The zero-order chi connectivity index (χ0) is 21.3. The Morgan fingerprint density at radius 1 is 1.13 bits per heavy atom. The highest BCUT2D eigenvalue weighted by molar-refractivity contribution is 5.77. The molecule has 6 nitrogen and oxygen atoms in total. The van der Waals surface area contributed by atoms with E-state index in [1.54, 1.807) is 17.0 Å². The summed E-state index contributed by atoms with van der Waals surface area (Å²) in [5, 5.41) is 0. The number of carbonyl (C=O) groups excluding carboxylic acids is 2. The zero-order valence-corrected chi connectivity index (χ0v) is 16.4. The molecule has 2 N–H and O–H groups in total. The van der Waals surface area contributed by atoms with Crippen molar-refractivity contribution in [3.63, 3.8) is 0 Å². The van der Waals surface area contributed by atoms with Crippen molar-refractivity contribution in [1.29, 1.82) is 0 Å². The summed E-state index contributed by atoms with van der Waals surface area (Å²) in [6, 6.07) is 13.3. The van der Waals surface area contributed by atoms with Crippen LogP contribution in [0.15, 0.2) is 48.5 Å². The van der Waals surface area contributed by atoms with Gasteiger partial charge in [0, 0.05) is 19.5 Å². The lowest BCUT2D eigenvalue weighted by atomic mass is 9.88. The summed E-state index contributed by atoms with van der Waals surface area (Å²) in [5.41, 5.74) is 6.02. The van der Waals surface area contributed by atoms with Crippen LogP contribution in [0.25, 0.3) is 0 Å². The van der Waals surface area contributed by atoms with Gasteiger partial charge in [0.1, 0.15) is 12.4 Å². The standard InChI is InChI=1S/C22H23F2N3O3/c23-17-7-5-16(6-8-17)19-18-4-2-1-3-15(18)9-11-27(19)21(29)26-12-10-22(24,13-26)14-30-20(25)28/h1-8,19H,9-14H2,(H2,25,28)/t19-,22?/m0/s1. The summed E-state index contributed by atoms with van der Waals surface area (Å²) in [5.74, 6) is -0.350. The number of halogens is 2. The van der Waals surface area contributed by atoms with Gasteiger partial charge in [-0.2, -0.15) is 0 Å². The van der Waals surface area contributed by atoms with Crippen LogP contribution in [0.1, 0.15) is 29.2 Å². The van der Waals surface area contributed by atoms with E-state index in [9.17, 15) is 18.4 Å². The Morgan fingerprint density at radius 2 is 1.87 bits per heavy atom. The molecule has 2 aromatic carbocycles. The summed E-state index contributed by atoms with van der Waals surface area (Å²) in [6.45, 7) is 0.0287. The van der Waals surface area contributed by atoms with Gasteiger partial charge in [-0.3, -0.25) is 0 Å². The first-order chi connectivity index (χ1) is 14.4. The lowest BCUT2D eigenvalue weighted by Crippen LogP contribution is -2.48. The first kappa shape index (κ1) is 20.1. The Hall–Kier alpha value is -3.16. The number of likely N-dealkylation sites (tertiary alicyclic amines) is 1. The van der Waals surface area contributed by atoms with E-state index in [2.05, 4.69) is 4.74 Å². The summed E-state index contributed by atoms with van der Waals surface area (Å²) >= 11 is 0. The highest BCUT2D eigenvalue weighted by Gasteiger charge is 2.44. The molecule has 2 aliphatic rings. The largest absolute Gasteiger partial charge is 0.446 e. The van der Waals surface area contributed by atoms with Crippen LogP contribution in [0.2, 0.25) is 0 Å². The van der Waals surface area contributed by atoms with Gasteiger partial charge in [-0.25, -0.2) is 18.4 Å². The van der Waals surface area contributed by atoms with E-state index in [0.717, 1.165) is 16.7 Å². The van der Waals surface area contributed by atoms with Gasteiger partial charge in [-0.15, -0.1) is 0 Å². The number of alkyl halides is 1. The average Bonchev–Trinajstić information content (AvgIpc) is 3.14. The molecule has 30 heavy (non-hydrogen) atoms. The van der Waals surface area contributed by atoms with E-state index < -0.39 is 18.4 Å². The van der Waals surface area contributed by atoms with Gasteiger partial charge in [0.25, 0.3) is 0 Å². The summed E-state index contributed by atoms with van der Waals surface area (Å²) in [4.78, 5) is 27.3. The molecule has 0 bridgehead atoms. The van der Waals surface area contributed by atoms with Crippen LogP contribution in [0, 0.1) is 5.82 Å². The van der Waals surface area contributed by atoms with Gasteiger partial charge >= 0.3 is 12.1 Å². The third-order valence-electron chi connectivity index (χ3n) is 5.76. The molecule has 158 valence electrons. The molecule has 0 aliphatic carbocycles. The van der Waals surface area contributed by atoms with Crippen LogP contribution >= 0.6 is 0 Å². The van der Waals surface area contributed by atoms with Crippen LogP contribution in [0.5, 0.6) is 0 Å². The van der Waals surface area contributed by atoms with Crippen molar-refractivity contribution in [2.45, 2.75) is 24.6 Å². The number of carbonyl (C=O) groups is 2. The lowest BCUT2D eigenvalue weighted by Gasteiger charge is -2.39. The Balaban J connectivity index is 1.60. The van der Waals surface area contributed by atoms with Gasteiger partial charge in [-0.05, 0) is 35.2 Å². The van der Waals surface area contributed by atoms with Crippen LogP contribution in [-0.2, 0) is 11.2 Å². The van der Waals surface area contributed by atoms with E-state index in [1.807, 2.05) is 24.3 Å². The third kappa shape index (κ3) is 3.94. The fourth-order valence-electron chi connectivity index (χ4n) is 4.28. The molecule has 2 aromatic rings. The van der Waals surface area contributed by atoms with Gasteiger partial charge in [-0.1, -0.05) is 36.4 Å². The third-order valence-corrected chi connectivity index (χ3v) is 5.76. The average molecular weight is 415 g/mol. The molecule has 8 heteroatoms. The van der Waals surface area contributed by atoms with Gasteiger partial charge < -0.3 is 20.3 Å². The van der Waals surface area contributed by atoms with Gasteiger partial charge in [0.15, 0.2) is 5.67 Å². The highest BCUT2D eigenvalue weighted by Crippen LogP contribution is 2.37. The molecule has 2 aliphatic heterocycles. The van der Waals surface area contributed by atoms with E-state index in [1.165, 1.54) is 17.0 Å². The minimum Gasteiger partial charge on any atom is -0.446 e. The number of nitrogens with two attached hydrogens (primary N) is 1.